The third-order valence-electron chi connectivity index (χ3n) is 4.28. The number of aromatic amines is 1. The third kappa shape index (κ3) is 5.13. The first-order valence-electron chi connectivity index (χ1n) is 8.50. The van der Waals surface area contributed by atoms with Crippen LogP contribution in [0.3, 0.4) is 0 Å². The van der Waals surface area contributed by atoms with E-state index in [4.69, 9.17) is 0 Å². The van der Waals surface area contributed by atoms with Crippen molar-refractivity contribution in [3.63, 3.8) is 0 Å². The van der Waals surface area contributed by atoms with Crippen LogP contribution in [-0.2, 0) is 4.79 Å². The van der Waals surface area contributed by atoms with Gasteiger partial charge in [0.15, 0.2) is 6.54 Å². The van der Waals surface area contributed by atoms with Gasteiger partial charge in [-0.2, -0.15) is 8.78 Å². The molecule has 0 radical (unpaired) electrons. The number of hydrogen-bond donors (Lipinski definition) is 2. The molecule has 0 spiro atoms. The van der Waals surface area contributed by atoms with Gasteiger partial charge in [0.05, 0.1) is 6.20 Å². The number of carbonyl (C=O) groups is 1. The fourth-order valence-corrected chi connectivity index (χ4v) is 2.97. The van der Waals surface area contributed by atoms with E-state index in [0.29, 0.717) is 12.2 Å². The number of nitrogens with one attached hydrogen (secondary N) is 3. The number of piperazine rings is 1. The van der Waals surface area contributed by atoms with Gasteiger partial charge in [-0.1, -0.05) is 6.07 Å². The molecule has 1 amide bonds. The summed E-state index contributed by atoms with van der Waals surface area (Å²) in [4.78, 5) is 18.9. The van der Waals surface area contributed by atoms with Gasteiger partial charge >= 0.3 is 6.61 Å². The van der Waals surface area contributed by atoms with E-state index in [-0.39, 0.29) is 11.7 Å². The van der Waals surface area contributed by atoms with Crippen LogP contribution in [0.25, 0.3) is 0 Å². The number of amides is 1. The lowest BCUT2D eigenvalue weighted by Gasteiger charge is -2.27. The Kier molecular flexibility index (Phi) is 5.96. The minimum atomic E-state index is -2.86. The van der Waals surface area contributed by atoms with Gasteiger partial charge in [-0.05, 0) is 30.3 Å². The van der Waals surface area contributed by atoms with E-state index < -0.39 is 6.61 Å². The second-order valence-corrected chi connectivity index (χ2v) is 6.11. The molecule has 1 aromatic carbocycles. The first kappa shape index (κ1) is 18.1. The first-order valence-corrected chi connectivity index (χ1v) is 8.50. The Bertz CT molecular complexity index is 705. The number of nitrogens with zero attached hydrogens (tertiary/aromatic N) is 1. The van der Waals surface area contributed by atoms with Gasteiger partial charge in [0.2, 0.25) is 0 Å². The summed E-state index contributed by atoms with van der Waals surface area (Å²) in [5, 5.41) is 2.79. The Balaban J connectivity index is 1.44. The fourth-order valence-electron chi connectivity index (χ4n) is 2.97. The van der Waals surface area contributed by atoms with Gasteiger partial charge in [0.1, 0.15) is 31.9 Å². The van der Waals surface area contributed by atoms with E-state index in [1.807, 2.05) is 24.4 Å². The molecule has 1 aromatic heterocycles. The molecule has 6 nitrogen and oxygen atoms in total. The summed E-state index contributed by atoms with van der Waals surface area (Å²) in [6.45, 7) is 1.02. The summed E-state index contributed by atoms with van der Waals surface area (Å²) in [5.74, 6) is 1.06. The van der Waals surface area contributed by atoms with Crippen molar-refractivity contribution >= 4 is 17.4 Å². The van der Waals surface area contributed by atoms with Gasteiger partial charge in [-0.15, -0.1) is 0 Å². The molecule has 0 atom stereocenters. The Morgan fingerprint density at radius 2 is 1.92 bits per heavy atom. The maximum absolute atomic E-state index is 12.2. The summed E-state index contributed by atoms with van der Waals surface area (Å²) in [5.41, 5.74) is 0.563. The molecule has 1 aliphatic rings. The molecule has 0 bridgehead atoms. The summed E-state index contributed by atoms with van der Waals surface area (Å²) in [7, 11) is 0. The van der Waals surface area contributed by atoms with Crippen molar-refractivity contribution in [1.82, 2.24) is 0 Å². The minimum absolute atomic E-state index is 0.0671. The van der Waals surface area contributed by atoms with Crippen molar-refractivity contribution in [2.24, 2.45) is 0 Å². The van der Waals surface area contributed by atoms with Crippen molar-refractivity contribution < 1.29 is 28.2 Å². The van der Waals surface area contributed by atoms with E-state index in [1.165, 1.54) is 17.0 Å². The molecule has 0 unspecified atom stereocenters. The average Bonchev–Trinajstić information content (AvgIpc) is 2.64. The second-order valence-electron chi connectivity index (χ2n) is 6.11. The highest BCUT2D eigenvalue weighted by atomic mass is 19.3. The molecule has 138 valence electrons. The quantitative estimate of drug-likeness (QED) is 0.782. The van der Waals surface area contributed by atoms with Gasteiger partial charge in [-0.25, -0.2) is 4.98 Å². The number of halogens is 2. The lowest BCUT2D eigenvalue weighted by atomic mass is 10.3. The Labute approximate surface area is 150 Å². The van der Waals surface area contributed by atoms with E-state index in [9.17, 15) is 13.6 Å². The number of quaternary nitrogens is 1. The first-order chi connectivity index (χ1) is 12.6. The molecule has 2 heterocycles. The van der Waals surface area contributed by atoms with Crippen molar-refractivity contribution in [2.45, 2.75) is 6.61 Å². The zero-order chi connectivity index (χ0) is 18.4. The number of alkyl halides is 2. The number of anilines is 2. The van der Waals surface area contributed by atoms with Crippen molar-refractivity contribution in [3.05, 3.63) is 48.7 Å². The molecule has 0 saturated carbocycles. The maximum atomic E-state index is 12.2. The number of carbonyl (C=O) groups excluding carboxylic acids is 1. The van der Waals surface area contributed by atoms with E-state index in [1.54, 1.807) is 12.1 Å². The molecule has 8 heteroatoms. The molecular formula is C18H22F2N4O2+2. The Morgan fingerprint density at radius 1 is 1.19 bits per heavy atom. The largest absolute Gasteiger partial charge is 0.435 e. The van der Waals surface area contributed by atoms with Crippen LogP contribution in [0.2, 0.25) is 0 Å². The molecule has 1 aliphatic heterocycles. The van der Waals surface area contributed by atoms with Crippen LogP contribution in [0.5, 0.6) is 5.75 Å². The zero-order valence-electron chi connectivity index (χ0n) is 14.3. The van der Waals surface area contributed by atoms with Crippen LogP contribution in [0.15, 0.2) is 48.7 Å². The van der Waals surface area contributed by atoms with Crippen LogP contribution in [0, 0.1) is 0 Å². The average molecular weight is 364 g/mol. The van der Waals surface area contributed by atoms with Gasteiger partial charge in [0, 0.05) is 11.8 Å². The molecule has 3 N–H and O–H groups in total. The lowest BCUT2D eigenvalue weighted by molar-refractivity contribution is -0.892. The van der Waals surface area contributed by atoms with Gasteiger partial charge < -0.3 is 15.0 Å². The van der Waals surface area contributed by atoms with Crippen LogP contribution in [0.1, 0.15) is 0 Å². The number of ether oxygens (including phenoxy) is 1. The monoisotopic (exact) mass is 364 g/mol. The number of benzene rings is 1. The maximum Gasteiger partial charge on any atom is 0.387 e. The number of rotatable bonds is 6. The third-order valence-corrected chi connectivity index (χ3v) is 4.28. The SMILES string of the molecule is O=C(C[NH+]1CCN(c2cccc[nH+]2)CC1)Nc1ccc(OC(F)F)cc1. The highest BCUT2D eigenvalue weighted by Gasteiger charge is 2.27. The summed E-state index contributed by atoms with van der Waals surface area (Å²) in [6.07, 6.45) is 1.90. The van der Waals surface area contributed by atoms with Crippen molar-refractivity contribution in [1.29, 1.82) is 0 Å². The smallest absolute Gasteiger partial charge is 0.387 e. The second kappa shape index (κ2) is 8.57. The fraction of sp³-hybridized carbons (Fsp3) is 0.333. The zero-order valence-corrected chi connectivity index (χ0v) is 14.3. The molecule has 1 fully saturated rings. The number of aromatic nitrogens is 1. The molecule has 3 rings (SSSR count). The lowest BCUT2D eigenvalue weighted by Crippen LogP contribution is -3.15. The molecule has 26 heavy (non-hydrogen) atoms. The van der Waals surface area contributed by atoms with E-state index in [0.717, 1.165) is 32.0 Å². The van der Waals surface area contributed by atoms with Crippen LogP contribution >= 0.6 is 0 Å². The van der Waals surface area contributed by atoms with E-state index in [2.05, 4.69) is 19.9 Å². The number of hydrogen-bond acceptors (Lipinski definition) is 3. The van der Waals surface area contributed by atoms with Gasteiger partial charge in [0.25, 0.3) is 11.7 Å². The van der Waals surface area contributed by atoms with Crippen LogP contribution < -0.4 is 24.8 Å². The standard InChI is InChI=1S/C18H20F2N4O2/c19-18(20)26-15-6-4-14(5-7-15)22-17(25)13-23-9-11-24(12-10-23)16-3-1-2-8-21-16/h1-8,18H,9-13H2,(H,22,25)/p+2. The Morgan fingerprint density at radius 3 is 2.54 bits per heavy atom. The normalized spacial score (nSPS) is 15.1. The predicted molar refractivity (Wildman–Crippen MR) is 92.5 cm³/mol. The van der Waals surface area contributed by atoms with Crippen molar-refractivity contribution in [2.75, 3.05) is 42.9 Å². The summed E-state index contributed by atoms with van der Waals surface area (Å²) < 4.78 is 28.5. The predicted octanol–water partition coefficient (Wildman–Crippen LogP) is 0.446. The Hall–Kier alpha value is -2.74. The topological polar surface area (TPSA) is 60.2 Å². The molecule has 0 aliphatic carbocycles. The molecular weight excluding hydrogens is 342 g/mol. The van der Waals surface area contributed by atoms with E-state index >= 15 is 0 Å². The molecule has 2 aromatic rings. The highest BCUT2D eigenvalue weighted by molar-refractivity contribution is 5.91. The summed E-state index contributed by atoms with van der Waals surface area (Å²) in [6, 6.07) is 11.9. The molecule has 1 saturated heterocycles. The van der Waals surface area contributed by atoms with Crippen LogP contribution in [-0.4, -0.2) is 45.2 Å². The van der Waals surface area contributed by atoms with Crippen LogP contribution in [0.4, 0.5) is 20.3 Å². The van der Waals surface area contributed by atoms with Gasteiger partial charge in [-0.3, -0.25) is 9.69 Å². The van der Waals surface area contributed by atoms with Crippen molar-refractivity contribution in [3.8, 4) is 5.75 Å². The number of H-pyrrole nitrogens is 1. The minimum Gasteiger partial charge on any atom is -0.435 e. The highest BCUT2D eigenvalue weighted by Crippen LogP contribution is 2.17. The number of pyridine rings is 1. The summed E-state index contributed by atoms with van der Waals surface area (Å²) >= 11 is 0.